The van der Waals surface area contributed by atoms with Crippen LogP contribution in [0.4, 0.5) is 0 Å². The lowest BCUT2D eigenvalue weighted by atomic mass is 10.1. The summed E-state index contributed by atoms with van der Waals surface area (Å²) in [4.78, 5) is 22.8. The average Bonchev–Trinajstić information content (AvgIpc) is 3.14. The second kappa shape index (κ2) is 7.82. The number of pyridine rings is 1. The molecule has 23 heavy (non-hydrogen) atoms. The highest BCUT2D eigenvalue weighted by molar-refractivity contribution is 5.94. The summed E-state index contributed by atoms with van der Waals surface area (Å²) in [5.74, 6) is 0.510. The van der Waals surface area contributed by atoms with Gasteiger partial charge in [0, 0.05) is 18.3 Å². The quantitative estimate of drug-likeness (QED) is 0.813. The molecule has 122 valence electrons. The van der Waals surface area contributed by atoms with Gasteiger partial charge in [-0.1, -0.05) is 6.42 Å². The molecule has 3 rings (SSSR count). The van der Waals surface area contributed by atoms with Gasteiger partial charge in [-0.3, -0.25) is 4.79 Å². The van der Waals surface area contributed by atoms with Crippen molar-refractivity contribution in [3.8, 4) is 5.82 Å². The molecule has 0 aromatic carbocycles. The van der Waals surface area contributed by atoms with E-state index in [2.05, 4.69) is 25.3 Å². The van der Waals surface area contributed by atoms with Crippen LogP contribution in [0, 0.1) is 0 Å². The first-order valence-corrected chi connectivity index (χ1v) is 8.14. The third-order valence-electron chi connectivity index (χ3n) is 4.05. The lowest BCUT2D eigenvalue weighted by molar-refractivity contribution is 0.0951. The Bertz CT molecular complexity index is 621. The number of rotatable bonds is 6. The Morgan fingerprint density at radius 3 is 2.91 bits per heavy atom. The Kier molecular flexibility index (Phi) is 5.31. The van der Waals surface area contributed by atoms with Gasteiger partial charge in [-0.25, -0.2) is 14.6 Å². The molecule has 0 radical (unpaired) electrons. The van der Waals surface area contributed by atoms with E-state index < -0.39 is 0 Å². The average molecular weight is 314 g/mol. The molecule has 1 amide bonds. The molecule has 2 aromatic rings. The van der Waals surface area contributed by atoms with Crippen LogP contribution in [0.1, 0.15) is 36.0 Å². The van der Waals surface area contributed by atoms with Gasteiger partial charge in [-0.15, -0.1) is 0 Å². The number of piperidine rings is 1. The normalized spacial score (nSPS) is 15.5. The van der Waals surface area contributed by atoms with Crippen molar-refractivity contribution >= 4 is 5.91 Å². The SMILES string of the molecule is O=C(NCCCN1CCCCC1)c1ccnc(-n2cncn2)c1. The minimum Gasteiger partial charge on any atom is -0.352 e. The van der Waals surface area contributed by atoms with Crippen LogP contribution in [0.5, 0.6) is 0 Å². The lowest BCUT2D eigenvalue weighted by Gasteiger charge is -2.26. The van der Waals surface area contributed by atoms with Crippen molar-refractivity contribution in [1.82, 2.24) is 30.0 Å². The van der Waals surface area contributed by atoms with E-state index in [9.17, 15) is 4.79 Å². The van der Waals surface area contributed by atoms with Gasteiger partial charge in [0.15, 0.2) is 5.82 Å². The maximum atomic E-state index is 12.2. The zero-order valence-electron chi connectivity index (χ0n) is 13.2. The number of nitrogens with one attached hydrogen (secondary N) is 1. The number of hydrogen-bond donors (Lipinski definition) is 1. The minimum atomic E-state index is -0.0765. The molecule has 0 saturated carbocycles. The van der Waals surface area contributed by atoms with Crippen LogP contribution in [0.15, 0.2) is 31.0 Å². The molecule has 7 nitrogen and oxygen atoms in total. The van der Waals surface area contributed by atoms with Gasteiger partial charge in [0.1, 0.15) is 12.7 Å². The molecule has 1 saturated heterocycles. The first-order valence-electron chi connectivity index (χ1n) is 8.14. The molecule has 3 heterocycles. The Morgan fingerprint density at radius 1 is 1.26 bits per heavy atom. The molecule has 0 unspecified atom stereocenters. The van der Waals surface area contributed by atoms with Crippen molar-refractivity contribution < 1.29 is 4.79 Å². The van der Waals surface area contributed by atoms with E-state index in [0.29, 0.717) is 17.9 Å². The van der Waals surface area contributed by atoms with Crippen molar-refractivity contribution in [2.24, 2.45) is 0 Å². The van der Waals surface area contributed by atoms with Crippen LogP contribution in [0.25, 0.3) is 5.82 Å². The predicted octanol–water partition coefficient (Wildman–Crippen LogP) is 1.27. The van der Waals surface area contributed by atoms with Gasteiger partial charge >= 0.3 is 0 Å². The van der Waals surface area contributed by atoms with Gasteiger partial charge in [-0.05, 0) is 51.0 Å². The highest BCUT2D eigenvalue weighted by Crippen LogP contribution is 2.09. The Morgan fingerprint density at radius 2 is 2.13 bits per heavy atom. The summed E-state index contributed by atoms with van der Waals surface area (Å²) >= 11 is 0. The highest BCUT2D eigenvalue weighted by atomic mass is 16.1. The van der Waals surface area contributed by atoms with Crippen LogP contribution in [0.3, 0.4) is 0 Å². The summed E-state index contributed by atoms with van der Waals surface area (Å²) in [7, 11) is 0. The molecule has 1 N–H and O–H groups in total. The molecule has 1 aliphatic heterocycles. The van der Waals surface area contributed by atoms with E-state index in [0.717, 1.165) is 13.0 Å². The van der Waals surface area contributed by atoms with Gasteiger partial charge < -0.3 is 10.2 Å². The number of nitrogens with zero attached hydrogens (tertiary/aromatic N) is 5. The fraction of sp³-hybridized carbons (Fsp3) is 0.500. The van der Waals surface area contributed by atoms with Crippen LogP contribution < -0.4 is 5.32 Å². The summed E-state index contributed by atoms with van der Waals surface area (Å²) in [5, 5.41) is 6.99. The maximum Gasteiger partial charge on any atom is 0.251 e. The Hall–Kier alpha value is -2.28. The van der Waals surface area contributed by atoms with E-state index in [4.69, 9.17) is 0 Å². The van der Waals surface area contributed by atoms with Crippen LogP contribution in [-0.2, 0) is 0 Å². The Balaban J connectivity index is 1.47. The van der Waals surface area contributed by atoms with Gasteiger partial charge in [-0.2, -0.15) is 5.10 Å². The largest absolute Gasteiger partial charge is 0.352 e. The maximum absolute atomic E-state index is 12.2. The van der Waals surface area contributed by atoms with Crippen LogP contribution in [0.2, 0.25) is 0 Å². The molecule has 0 spiro atoms. The van der Waals surface area contributed by atoms with E-state index in [1.807, 2.05) is 0 Å². The van der Waals surface area contributed by atoms with Gasteiger partial charge in [0.2, 0.25) is 0 Å². The minimum absolute atomic E-state index is 0.0765. The van der Waals surface area contributed by atoms with E-state index in [1.165, 1.54) is 43.4 Å². The summed E-state index contributed by atoms with van der Waals surface area (Å²) in [5.41, 5.74) is 0.587. The third-order valence-corrected chi connectivity index (χ3v) is 4.05. The van der Waals surface area contributed by atoms with Crippen LogP contribution in [-0.4, -0.2) is 56.7 Å². The first kappa shape index (κ1) is 15.6. The summed E-state index contributed by atoms with van der Waals surface area (Å²) in [6.07, 6.45) is 9.54. The topological polar surface area (TPSA) is 75.9 Å². The second-order valence-corrected chi connectivity index (χ2v) is 5.75. The molecular weight excluding hydrogens is 292 g/mol. The molecular formula is C16H22N6O. The third kappa shape index (κ3) is 4.35. The molecule has 0 atom stereocenters. The summed E-state index contributed by atoms with van der Waals surface area (Å²) in [6, 6.07) is 3.43. The zero-order chi connectivity index (χ0) is 15.9. The lowest BCUT2D eigenvalue weighted by Crippen LogP contribution is -2.33. The highest BCUT2D eigenvalue weighted by Gasteiger charge is 2.10. The van der Waals surface area contributed by atoms with Crippen molar-refractivity contribution in [3.63, 3.8) is 0 Å². The standard InChI is InChI=1S/C16H22N6O/c23-16(19-6-4-10-21-8-2-1-3-9-21)14-5-7-18-15(11-14)22-13-17-12-20-22/h5,7,11-13H,1-4,6,8-10H2,(H,19,23). The number of carbonyl (C=O) groups is 1. The van der Waals surface area contributed by atoms with Crippen molar-refractivity contribution in [3.05, 3.63) is 36.5 Å². The number of likely N-dealkylation sites (tertiary alicyclic amines) is 1. The monoisotopic (exact) mass is 314 g/mol. The van der Waals surface area contributed by atoms with E-state index in [1.54, 1.807) is 24.7 Å². The number of hydrogen-bond acceptors (Lipinski definition) is 5. The van der Waals surface area contributed by atoms with Gasteiger partial charge in [0.25, 0.3) is 5.91 Å². The molecule has 0 bridgehead atoms. The van der Waals surface area contributed by atoms with E-state index in [-0.39, 0.29) is 5.91 Å². The Labute approximate surface area is 135 Å². The molecule has 2 aromatic heterocycles. The number of carbonyl (C=O) groups excluding carboxylic acids is 1. The van der Waals surface area contributed by atoms with Crippen LogP contribution >= 0.6 is 0 Å². The fourth-order valence-electron chi connectivity index (χ4n) is 2.80. The second-order valence-electron chi connectivity index (χ2n) is 5.75. The molecule has 7 heteroatoms. The van der Waals surface area contributed by atoms with Gasteiger partial charge in [0.05, 0.1) is 0 Å². The summed E-state index contributed by atoms with van der Waals surface area (Å²) < 4.78 is 1.53. The number of amides is 1. The summed E-state index contributed by atoms with van der Waals surface area (Å²) in [6.45, 7) is 4.14. The smallest absolute Gasteiger partial charge is 0.251 e. The predicted molar refractivity (Wildman–Crippen MR) is 86.4 cm³/mol. The molecule has 1 fully saturated rings. The van der Waals surface area contributed by atoms with Crippen molar-refractivity contribution in [2.75, 3.05) is 26.2 Å². The fourth-order valence-corrected chi connectivity index (χ4v) is 2.80. The molecule has 0 aliphatic carbocycles. The first-order chi connectivity index (χ1) is 11.3. The van der Waals surface area contributed by atoms with Crippen molar-refractivity contribution in [2.45, 2.75) is 25.7 Å². The number of aromatic nitrogens is 4. The molecule has 1 aliphatic rings. The van der Waals surface area contributed by atoms with Crippen molar-refractivity contribution in [1.29, 1.82) is 0 Å². The van der Waals surface area contributed by atoms with E-state index >= 15 is 0 Å². The zero-order valence-corrected chi connectivity index (χ0v) is 13.2.